The molecule has 0 bridgehead atoms. The highest BCUT2D eigenvalue weighted by Gasteiger charge is 2.34. The minimum atomic E-state index is -1.00. The Morgan fingerprint density at radius 1 is 1.20 bits per heavy atom. The van der Waals surface area contributed by atoms with E-state index in [1.54, 1.807) is 6.07 Å². The number of aryl methyl sites for hydroxylation is 1. The van der Waals surface area contributed by atoms with Crippen molar-refractivity contribution >= 4 is 34.2 Å². The largest absolute Gasteiger partial charge is 0.477 e. The fourth-order valence-corrected chi connectivity index (χ4v) is 4.25. The molecule has 0 spiro atoms. The standard InChI is InChI=1S/C18H17N3O3S/c1-20-12-6-3-2-5-11(12)19-16(20)13-7-4-10-21(13)17(22)14-8-9-15(25-14)18(23)24/h2-3,5-6,8-9,13H,4,7,10H2,1H3,(H,23,24). The number of aromatic carboxylic acids is 1. The summed E-state index contributed by atoms with van der Waals surface area (Å²) in [6.45, 7) is 0.660. The van der Waals surface area contributed by atoms with E-state index in [0.29, 0.717) is 11.4 Å². The maximum Gasteiger partial charge on any atom is 0.345 e. The lowest BCUT2D eigenvalue weighted by Crippen LogP contribution is -2.31. The van der Waals surface area contributed by atoms with Gasteiger partial charge in [0.2, 0.25) is 0 Å². The zero-order chi connectivity index (χ0) is 17.6. The molecule has 2 aromatic heterocycles. The number of carbonyl (C=O) groups is 2. The number of para-hydroxylation sites is 2. The van der Waals surface area contributed by atoms with Crippen LogP contribution in [0.4, 0.5) is 0 Å². The third-order valence-corrected chi connectivity index (χ3v) is 5.72. The second kappa shape index (κ2) is 6.00. The predicted molar refractivity (Wildman–Crippen MR) is 95.0 cm³/mol. The summed E-state index contributed by atoms with van der Waals surface area (Å²) in [6.07, 6.45) is 1.77. The Morgan fingerprint density at radius 3 is 2.68 bits per heavy atom. The number of rotatable bonds is 3. The van der Waals surface area contributed by atoms with Crippen molar-refractivity contribution in [3.8, 4) is 0 Å². The Labute approximate surface area is 148 Å². The molecule has 1 amide bonds. The number of amides is 1. The summed E-state index contributed by atoms with van der Waals surface area (Å²) >= 11 is 1.02. The van der Waals surface area contributed by atoms with Crippen molar-refractivity contribution in [2.45, 2.75) is 18.9 Å². The molecule has 25 heavy (non-hydrogen) atoms. The molecule has 0 aliphatic carbocycles. The van der Waals surface area contributed by atoms with Crippen LogP contribution in [0.15, 0.2) is 36.4 Å². The first-order valence-corrected chi connectivity index (χ1v) is 8.93. The van der Waals surface area contributed by atoms with Crippen molar-refractivity contribution < 1.29 is 14.7 Å². The van der Waals surface area contributed by atoms with Crippen LogP contribution in [0.2, 0.25) is 0 Å². The van der Waals surface area contributed by atoms with Crippen LogP contribution in [0.1, 0.15) is 44.1 Å². The topological polar surface area (TPSA) is 75.4 Å². The molecule has 3 heterocycles. The molecule has 3 aromatic rings. The minimum Gasteiger partial charge on any atom is -0.477 e. The van der Waals surface area contributed by atoms with Gasteiger partial charge >= 0.3 is 5.97 Å². The molecule has 7 heteroatoms. The van der Waals surface area contributed by atoms with Crippen LogP contribution < -0.4 is 0 Å². The third kappa shape index (κ3) is 2.60. The molecule has 1 fully saturated rings. The number of benzene rings is 1. The van der Waals surface area contributed by atoms with Gasteiger partial charge in [-0.1, -0.05) is 12.1 Å². The van der Waals surface area contributed by atoms with Crippen molar-refractivity contribution in [1.82, 2.24) is 14.5 Å². The van der Waals surface area contributed by atoms with Crippen molar-refractivity contribution in [3.05, 3.63) is 52.0 Å². The van der Waals surface area contributed by atoms with Crippen LogP contribution in [-0.4, -0.2) is 38.0 Å². The lowest BCUT2D eigenvalue weighted by Gasteiger charge is -2.23. The van der Waals surface area contributed by atoms with Gasteiger partial charge in [0, 0.05) is 13.6 Å². The normalized spacial score (nSPS) is 17.3. The summed E-state index contributed by atoms with van der Waals surface area (Å²) in [7, 11) is 1.97. The van der Waals surface area contributed by atoms with Crippen molar-refractivity contribution in [3.63, 3.8) is 0 Å². The number of carboxylic acids is 1. The number of fused-ring (bicyclic) bond motifs is 1. The summed E-state index contributed by atoms with van der Waals surface area (Å²) in [6, 6.07) is 10.9. The van der Waals surface area contributed by atoms with Gasteiger partial charge in [-0.3, -0.25) is 4.79 Å². The molecule has 6 nitrogen and oxygen atoms in total. The molecule has 1 aliphatic rings. The van der Waals surface area contributed by atoms with E-state index >= 15 is 0 Å². The Balaban J connectivity index is 1.68. The quantitative estimate of drug-likeness (QED) is 0.782. The Hall–Kier alpha value is -2.67. The summed E-state index contributed by atoms with van der Waals surface area (Å²) in [5, 5.41) is 9.06. The monoisotopic (exact) mass is 355 g/mol. The first-order chi connectivity index (χ1) is 12.1. The van der Waals surface area contributed by atoms with E-state index in [2.05, 4.69) is 0 Å². The van der Waals surface area contributed by atoms with E-state index in [0.717, 1.165) is 41.0 Å². The average molecular weight is 355 g/mol. The van der Waals surface area contributed by atoms with Gasteiger partial charge in [0.15, 0.2) is 0 Å². The van der Waals surface area contributed by atoms with Crippen molar-refractivity contribution in [2.24, 2.45) is 7.05 Å². The average Bonchev–Trinajstić information content (AvgIpc) is 3.33. The SMILES string of the molecule is Cn1c(C2CCCN2C(=O)c2ccc(C(=O)O)s2)nc2ccccc21. The summed E-state index contributed by atoms with van der Waals surface area (Å²) in [5.41, 5.74) is 1.96. The number of aromatic nitrogens is 2. The van der Waals surface area contributed by atoms with Gasteiger partial charge in [0.05, 0.1) is 22.0 Å². The first kappa shape index (κ1) is 15.8. The van der Waals surface area contributed by atoms with E-state index in [9.17, 15) is 9.59 Å². The molecule has 1 aliphatic heterocycles. The summed E-state index contributed by atoms with van der Waals surface area (Å²) in [4.78, 5) is 31.2. The third-order valence-electron chi connectivity index (χ3n) is 4.66. The van der Waals surface area contributed by atoms with Crippen LogP contribution in [0, 0.1) is 0 Å². The zero-order valence-corrected chi connectivity index (χ0v) is 14.5. The highest BCUT2D eigenvalue weighted by molar-refractivity contribution is 7.15. The smallest absolute Gasteiger partial charge is 0.345 e. The Morgan fingerprint density at radius 2 is 1.96 bits per heavy atom. The van der Waals surface area contributed by atoms with Crippen molar-refractivity contribution in [2.75, 3.05) is 6.54 Å². The number of hydrogen-bond donors (Lipinski definition) is 1. The van der Waals surface area contributed by atoms with Gasteiger partial charge in [0.1, 0.15) is 10.7 Å². The maximum absolute atomic E-state index is 12.9. The fraction of sp³-hybridized carbons (Fsp3) is 0.278. The molecule has 4 rings (SSSR count). The maximum atomic E-state index is 12.9. The molecule has 1 unspecified atom stereocenters. The molecule has 1 saturated heterocycles. The summed E-state index contributed by atoms with van der Waals surface area (Å²) in [5.74, 6) is -0.244. The van der Waals surface area contributed by atoms with E-state index in [-0.39, 0.29) is 16.8 Å². The number of nitrogens with zero attached hydrogens (tertiary/aromatic N) is 3. The van der Waals surface area contributed by atoms with Gasteiger partial charge in [-0.2, -0.15) is 0 Å². The molecular formula is C18H17N3O3S. The highest BCUT2D eigenvalue weighted by Crippen LogP contribution is 2.34. The molecule has 1 N–H and O–H groups in total. The van der Waals surface area contributed by atoms with E-state index in [1.165, 1.54) is 6.07 Å². The van der Waals surface area contributed by atoms with Crippen LogP contribution in [0.25, 0.3) is 11.0 Å². The molecule has 0 saturated carbocycles. The molecule has 128 valence electrons. The molecule has 0 radical (unpaired) electrons. The molecule has 1 aromatic carbocycles. The van der Waals surface area contributed by atoms with Gasteiger partial charge in [-0.05, 0) is 37.1 Å². The van der Waals surface area contributed by atoms with Gasteiger partial charge < -0.3 is 14.6 Å². The van der Waals surface area contributed by atoms with E-state index in [1.807, 2.05) is 40.8 Å². The van der Waals surface area contributed by atoms with Gasteiger partial charge in [0.25, 0.3) is 5.91 Å². The minimum absolute atomic E-state index is 0.0831. The second-order valence-corrected chi connectivity index (χ2v) is 7.23. The summed E-state index contributed by atoms with van der Waals surface area (Å²) < 4.78 is 2.04. The number of likely N-dealkylation sites (tertiary alicyclic amines) is 1. The number of hydrogen-bond acceptors (Lipinski definition) is 4. The fourth-order valence-electron chi connectivity index (χ4n) is 3.45. The predicted octanol–water partition coefficient (Wildman–Crippen LogP) is 3.31. The Kier molecular flexibility index (Phi) is 3.80. The number of carbonyl (C=O) groups excluding carboxylic acids is 1. The first-order valence-electron chi connectivity index (χ1n) is 8.11. The zero-order valence-electron chi connectivity index (χ0n) is 13.7. The number of imidazole rings is 1. The second-order valence-electron chi connectivity index (χ2n) is 6.14. The van der Waals surface area contributed by atoms with Crippen LogP contribution >= 0.6 is 11.3 Å². The Bertz CT molecular complexity index is 975. The highest BCUT2D eigenvalue weighted by atomic mass is 32.1. The lowest BCUT2D eigenvalue weighted by atomic mass is 10.2. The van der Waals surface area contributed by atoms with Crippen LogP contribution in [0.3, 0.4) is 0 Å². The van der Waals surface area contributed by atoms with Crippen LogP contribution in [0.5, 0.6) is 0 Å². The molecular weight excluding hydrogens is 338 g/mol. The van der Waals surface area contributed by atoms with Gasteiger partial charge in [-0.25, -0.2) is 9.78 Å². The lowest BCUT2D eigenvalue weighted by molar-refractivity contribution is 0.0700. The van der Waals surface area contributed by atoms with E-state index in [4.69, 9.17) is 10.1 Å². The van der Waals surface area contributed by atoms with Gasteiger partial charge in [-0.15, -0.1) is 11.3 Å². The van der Waals surface area contributed by atoms with E-state index < -0.39 is 5.97 Å². The molecule has 1 atom stereocenters. The number of carboxylic acid groups (broad SMARTS) is 1. The van der Waals surface area contributed by atoms with Crippen molar-refractivity contribution in [1.29, 1.82) is 0 Å². The van der Waals surface area contributed by atoms with Crippen LogP contribution in [-0.2, 0) is 7.05 Å². The number of thiophene rings is 1.